The highest BCUT2D eigenvalue weighted by Crippen LogP contribution is 2.27. The van der Waals surface area contributed by atoms with Crippen LogP contribution in [-0.4, -0.2) is 63.2 Å². The maximum absolute atomic E-state index is 15.3. The molecule has 3 heterocycles. The van der Waals surface area contributed by atoms with E-state index in [0.29, 0.717) is 29.3 Å². The number of fused-ring (bicyclic) bond motifs is 1. The van der Waals surface area contributed by atoms with E-state index in [1.165, 1.54) is 35.3 Å². The molecule has 4 aromatic rings. The molecule has 0 bridgehead atoms. The number of carbonyl (C=O) groups is 1. The van der Waals surface area contributed by atoms with Crippen LogP contribution in [0.5, 0.6) is 5.75 Å². The first-order valence-corrected chi connectivity index (χ1v) is 12.7. The lowest BCUT2D eigenvalue weighted by Gasteiger charge is -2.25. The van der Waals surface area contributed by atoms with Gasteiger partial charge in [0, 0.05) is 38.5 Å². The van der Waals surface area contributed by atoms with Crippen molar-refractivity contribution in [3.63, 3.8) is 0 Å². The molecule has 11 heteroatoms. The Morgan fingerprint density at radius 2 is 2.03 bits per heavy atom. The molecular formula is C28H32FN7O3. The Bertz CT molecular complexity index is 1500. The van der Waals surface area contributed by atoms with Crippen LogP contribution >= 0.6 is 0 Å². The van der Waals surface area contributed by atoms with Crippen molar-refractivity contribution in [1.82, 2.24) is 34.8 Å². The summed E-state index contributed by atoms with van der Waals surface area (Å²) in [5.74, 6) is -0.297. The fraction of sp³-hybridized carbons (Fsp3) is 0.357. The van der Waals surface area contributed by atoms with Gasteiger partial charge in [-0.15, -0.1) is 0 Å². The first kappa shape index (κ1) is 26.5. The largest absolute Gasteiger partial charge is 0.494 e. The van der Waals surface area contributed by atoms with Gasteiger partial charge in [-0.1, -0.05) is 18.2 Å². The number of methoxy groups -OCH3 is 2. The number of rotatable bonds is 9. The number of ether oxygens (including phenoxy) is 2. The van der Waals surface area contributed by atoms with E-state index in [4.69, 9.17) is 9.47 Å². The van der Waals surface area contributed by atoms with E-state index in [-0.39, 0.29) is 30.4 Å². The molecule has 39 heavy (non-hydrogen) atoms. The summed E-state index contributed by atoms with van der Waals surface area (Å²) in [6.07, 6.45) is 4.15. The summed E-state index contributed by atoms with van der Waals surface area (Å²) in [6.45, 7) is 4.34. The van der Waals surface area contributed by atoms with E-state index in [1.807, 2.05) is 0 Å². The third-order valence-electron chi connectivity index (χ3n) is 6.96. The van der Waals surface area contributed by atoms with Gasteiger partial charge in [-0.25, -0.2) is 14.1 Å². The number of carbonyl (C=O) groups excluding carboxylic acids is 1. The lowest BCUT2D eigenvalue weighted by Crippen LogP contribution is -2.26. The Hall–Kier alpha value is -4.09. The van der Waals surface area contributed by atoms with Crippen molar-refractivity contribution in [1.29, 1.82) is 0 Å². The molecule has 0 fully saturated rings. The second kappa shape index (κ2) is 11.3. The molecule has 0 radical (unpaired) electrons. The monoisotopic (exact) mass is 533 g/mol. The van der Waals surface area contributed by atoms with Gasteiger partial charge in [0.25, 0.3) is 5.91 Å². The zero-order valence-electron chi connectivity index (χ0n) is 22.6. The van der Waals surface area contributed by atoms with Crippen LogP contribution in [0.2, 0.25) is 0 Å². The average molecular weight is 534 g/mol. The molecule has 10 nitrogen and oxygen atoms in total. The van der Waals surface area contributed by atoms with Gasteiger partial charge in [0.05, 0.1) is 31.5 Å². The molecule has 1 amide bonds. The van der Waals surface area contributed by atoms with Crippen molar-refractivity contribution in [2.75, 3.05) is 27.8 Å². The van der Waals surface area contributed by atoms with Crippen molar-refractivity contribution in [3.05, 3.63) is 88.0 Å². The number of halogens is 1. The smallest absolute Gasteiger partial charge is 0.255 e. The Kier molecular flexibility index (Phi) is 7.71. The fourth-order valence-electron chi connectivity index (χ4n) is 4.93. The number of amides is 1. The number of hydrogen-bond acceptors (Lipinski definition) is 7. The topological polar surface area (TPSA) is 99.3 Å². The van der Waals surface area contributed by atoms with Crippen LogP contribution in [0, 0.1) is 12.7 Å². The summed E-state index contributed by atoms with van der Waals surface area (Å²) in [7, 11) is 5.07. The Morgan fingerprint density at radius 1 is 1.18 bits per heavy atom. The van der Waals surface area contributed by atoms with Crippen molar-refractivity contribution in [2.24, 2.45) is 0 Å². The highest BCUT2D eigenvalue weighted by molar-refractivity contribution is 5.95. The first-order chi connectivity index (χ1) is 18.9. The third kappa shape index (κ3) is 5.55. The first-order valence-electron chi connectivity index (χ1n) is 12.7. The summed E-state index contributed by atoms with van der Waals surface area (Å²) >= 11 is 0. The number of likely N-dealkylation sites (N-methyl/N-ethyl adjacent to an activating group) is 1. The molecule has 0 aliphatic carbocycles. The van der Waals surface area contributed by atoms with Gasteiger partial charge in [-0.3, -0.25) is 9.48 Å². The average Bonchev–Trinajstić information content (AvgIpc) is 3.53. The molecule has 5 rings (SSSR count). The molecule has 1 N–H and O–H groups in total. The van der Waals surface area contributed by atoms with E-state index in [1.54, 1.807) is 31.0 Å². The van der Waals surface area contributed by atoms with Crippen LogP contribution < -0.4 is 10.1 Å². The fourth-order valence-corrected chi connectivity index (χ4v) is 4.93. The van der Waals surface area contributed by atoms with Crippen LogP contribution in [0.1, 0.15) is 44.1 Å². The van der Waals surface area contributed by atoms with Gasteiger partial charge in [-0.05, 0) is 49.2 Å². The Balaban J connectivity index is 1.37. The SMILES string of the molecule is COCc1nn(Cc2ccc3c(c2)CN(C)CC3)cc1C(=O)NCc1c(-n2ncnc2C)ccc(OC)c1F. The summed E-state index contributed by atoms with van der Waals surface area (Å²) in [6, 6.07) is 9.72. The molecule has 2 aromatic heterocycles. The minimum atomic E-state index is -0.573. The van der Waals surface area contributed by atoms with E-state index < -0.39 is 5.82 Å². The predicted octanol–water partition coefficient (Wildman–Crippen LogP) is 3.03. The Labute approximate surface area is 226 Å². The molecule has 1 aliphatic heterocycles. The van der Waals surface area contributed by atoms with Crippen LogP contribution in [0.15, 0.2) is 42.9 Å². The van der Waals surface area contributed by atoms with E-state index in [9.17, 15) is 4.79 Å². The number of nitrogens with one attached hydrogen (secondary N) is 1. The van der Waals surface area contributed by atoms with Crippen molar-refractivity contribution >= 4 is 5.91 Å². The number of aryl methyl sites for hydroxylation is 1. The maximum atomic E-state index is 15.3. The van der Waals surface area contributed by atoms with Gasteiger partial charge in [-0.2, -0.15) is 10.2 Å². The van der Waals surface area contributed by atoms with E-state index in [2.05, 4.69) is 50.6 Å². The Morgan fingerprint density at radius 3 is 2.77 bits per heavy atom. The second-order valence-corrected chi connectivity index (χ2v) is 9.69. The zero-order chi connectivity index (χ0) is 27.5. The standard InChI is InChI=1S/C28H32FN7O3/c1-18-31-17-32-36(18)25-7-8-26(39-4)27(29)22(25)12-30-28(37)23-15-35(33-24(23)16-38-3)13-19-5-6-20-9-10-34(2)14-21(20)11-19/h5-8,11,15,17H,9-10,12-14,16H2,1-4H3,(H,30,37). The van der Waals surface area contributed by atoms with E-state index >= 15 is 4.39 Å². The second-order valence-electron chi connectivity index (χ2n) is 9.69. The van der Waals surface area contributed by atoms with Gasteiger partial charge in [0.1, 0.15) is 17.8 Å². The third-order valence-corrected chi connectivity index (χ3v) is 6.96. The molecule has 2 aromatic carbocycles. The molecule has 0 atom stereocenters. The quantitative estimate of drug-likeness (QED) is 0.353. The summed E-state index contributed by atoms with van der Waals surface area (Å²) < 4.78 is 29.1. The molecule has 1 aliphatic rings. The summed E-state index contributed by atoms with van der Waals surface area (Å²) in [5.41, 5.74) is 5.38. The van der Waals surface area contributed by atoms with Crippen LogP contribution in [0.3, 0.4) is 0 Å². The highest BCUT2D eigenvalue weighted by Gasteiger charge is 2.21. The maximum Gasteiger partial charge on any atom is 0.255 e. The number of nitrogens with zero attached hydrogens (tertiary/aromatic N) is 6. The summed E-state index contributed by atoms with van der Waals surface area (Å²) in [4.78, 5) is 19.8. The lowest BCUT2D eigenvalue weighted by atomic mass is 9.98. The highest BCUT2D eigenvalue weighted by atomic mass is 19.1. The van der Waals surface area contributed by atoms with Crippen molar-refractivity contribution in [3.8, 4) is 11.4 Å². The van der Waals surface area contributed by atoms with Crippen molar-refractivity contribution in [2.45, 2.75) is 39.6 Å². The molecule has 0 spiro atoms. The molecular weight excluding hydrogens is 501 g/mol. The predicted molar refractivity (Wildman–Crippen MR) is 142 cm³/mol. The van der Waals surface area contributed by atoms with Gasteiger partial charge in [0.15, 0.2) is 11.6 Å². The number of benzene rings is 2. The summed E-state index contributed by atoms with van der Waals surface area (Å²) in [5, 5.41) is 11.7. The molecule has 0 saturated carbocycles. The molecule has 204 valence electrons. The van der Waals surface area contributed by atoms with Crippen LogP contribution in [-0.2, 0) is 37.4 Å². The van der Waals surface area contributed by atoms with Crippen LogP contribution in [0.25, 0.3) is 5.69 Å². The lowest BCUT2D eigenvalue weighted by molar-refractivity contribution is 0.0945. The van der Waals surface area contributed by atoms with Gasteiger partial charge >= 0.3 is 0 Å². The zero-order valence-corrected chi connectivity index (χ0v) is 22.6. The molecule has 0 unspecified atom stereocenters. The number of hydrogen-bond donors (Lipinski definition) is 1. The minimum Gasteiger partial charge on any atom is -0.494 e. The van der Waals surface area contributed by atoms with E-state index in [0.717, 1.165) is 25.1 Å². The van der Waals surface area contributed by atoms with Gasteiger partial charge in [0.2, 0.25) is 0 Å². The van der Waals surface area contributed by atoms with Gasteiger partial charge < -0.3 is 19.7 Å². The van der Waals surface area contributed by atoms with Crippen molar-refractivity contribution < 1.29 is 18.7 Å². The minimum absolute atomic E-state index is 0.0740. The van der Waals surface area contributed by atoms with Crippen LogP contribution in [0.4, 0.5) is 4.39 Å². The number of aromatic nitrogens is 5. The molecule has 0 saturated heterocycles. The normalized spacial score (nSPS) is 13.4.